The molecule has 178 valence electrons. The maximum atomic E-state index is 12.5. The number of halogens is 2. The molecule has 0 aliphatic carbocycles. The van der Waals surface area contributed by atoms with E-state index in [9.17, 15) is 14.7 Å². The quantitative estimate of drug-likeness (QED) is 0.395. The van der Waals surface area contributed by atoms with Gasteiger partial charge in [-0.25, -0.2) is 9.78 Å². The van der Waals surface area contributed by atoms with E-state index in [1.54, 1.807) is 6.07 Å². The van der Waals surface area contributed by atoms with Gasteiger partial charge in [0.2, 0.25) is 0 Å². The number of carbonyl (C=O) groups excluding carboxylic acids is 1. The minimum atomic E-state index is -1.14. The fourth-order valence-corrected chi connectivity index (χ4v) is 4.24. The van der Waals surface area contributed by atoms with E-state index in [0.29, 0.717) is 6.61 Å². The number of aliphatic carboxylic acids is 1. The molecule has 3 rings (SSSR count). The maximum Gasteiger partial charge on any atom is 0.326 e. The van der Waals surface area contributed by atoms with Crippen LogP contribution in [0.3, 0.4) is 0 Å². The van der Waals surface area contributed by atoms with Crippen molar-refractivity contribution in [3.63, 3.8) is 0 Å². The lowest BCUT2D eigenvalue weighted by Gasteiger charge is -2.18. The van der Waals surface area contributed by atoms with Crippen LogP contribution in [0.5, 0.6) is 0 Å². The zero-order valence-corrected chi connectivity index (χ0v) is 20.1. The largest absolute Gasteiger partial charge is 0.480 e. The van der Waals surface area contributed by atoms with Crippen LogP contribution >= 0.6 is 23.2 Å². The summed E-state index contributed by atoms with van der Waals surface area (Å²) in [5, 5.41) is 15.6. The Balaban J connectivity index is 1.40. The number of hydrogen-bond donors (Lipinski definition) is 3. The molecule has 3 N–H and O–H groups in total. The summed E-state index contributed by atoms with van der Waals surface area (Å²) in [5.41, 5.74) is 2.40. The van der Waals surface area contributed by atoms with Crippen LogP contribution in [0.4, 0.5) is 5.82 Å². The minimum absolute atomic E-state index is 0.0626. The van der Waals surface area contributed by atoms with Gasteiger partial charge in [0.05, 0.1) is 15.6 Å². The van der Waals surface area contributed by atoms with Crippen molar-refractivity contribution in [3.8, 4) is 0 Å². The summed E-state index contributed by atoms with van der Waals surface area (Å²) < 4.78 is 5.69. The lowest BCUT2D eigenvalue weighted by atomic mass is 10.0. The third-order valence-corrected chi connectivity index (χ3v) is 6.22. The molecular formula is C24H29Cl2N3O4. The lowest BCUT2D eigenvalue weighted by Crippen LogP contribution is -2.41. The number of rotatable bonds is 11. The highest BCUT2D eigenvalue weighted by Gasteiger charge is 2.23. The van der Waals surface area contributed by atoms with E-state index in [1.165, 1.54) is 17.7 Å². The van der Waals surface area contributed by atoms with Gasteiger partial charge in [-0.05, 0) is 55.4 Å². The van der Waals surface area contributed by atoms with Crippen LogP contribution in [-0.4, -0.2) is 47.8 Å². The Bertz CT molecular complexity index is 966. The van der Waals surface area contributed by atoms with Crippen LogP contribution < -0.4 is 10.6 Å². The minimum Gasteiger partial charge on any atom is -0.480 e. The number of fused-ring (bicyclic) bond motifs is 1. The average Bonchev–Trinajstić information content (AvgIpc) is 2.79. The molecule has 9 heteroatoms. The molecule has 0 fully saturated rings. The molecule has 0 unspecified atom stereocenters. The van der Waals surface area contributed by atoms with Crippen molar-refractivity contribution in [2.45, 2.75) is 45.1 Å². The summed E-state index contributed by atoms with van der Waals surface area (Å²) in [7, 11) is 0. The molecule has 1 aromatic heterocycles. The Labute approximate surface area is 203 Å². The molecule has 0 radical (unpaired) electrons. The van der Waals surface area contributed by atoms with Crippen molar-refractivity contribution in [1.29, 1.82) is 0 Å². The second kappa shape index (κ2) is 12.2. The van der Waals surface area contributed by atoms with Crippen molar-refractivity contribution in [2.24, 2.45) is 5.92 Å². The van der Waals surface area contributed by atoms with Crippen LogP contribution in [0.25, 0.3) is 0 Å². The lowest BCUT2D eigenvalue weighted by molar-refractivity contribution is -0.139. The number of pyridine rings is 1. The van der Waals surface area contributed by atoms with Gasteiger partial charge < -0.3 is 20.5 Å². The molecule has 0 saturated carbocycles. The second-order valence-electron chi connectivity index (χ2n) is 8.31. The monoisotopic (exact) mass is 493 g/mol. The number of aromatic nitrogens is 1. The molecular weight excluding hydrogens is 465 g/mol. The number of hydrogen-bond acceptors (Lipinski definition) is 5. The summed E-state index contributed by atoms with van der Waals surface area (Å²) in [6, 6.07) is 7.81. The Morgan fingerprint density at radius 3 is 2.70 bits per heavy atom. The van der Waals surface area contributed by atoms with Gasteiger partial charge in [-0.15, -0.1) is 0 Å². The third kappa shape index (κ3) is 7.32. The number of nitrogens with one attached hydrogen (secondary N) is 2. The number of carbonyl (C=O) groups is 2. The van der Waals surface area contributed by atoms with Crippen molar-refractivity contribution in [1.82, 2.24) is 10.3 Å². The van der Waals surface area contributed by atoms with Gasteiger partial charge in [0, 0.05) is 31.9 Å². The molecule has 7 nitrogen and oxygen atoms in total. The van der Waals surface area contributed by atoms with E-state index in [4.69, 9.17) is 32.9 Å². The predicted molar refractivity (Wildman–Crippen MR) is 129 cm³/mol. The van der Waals surface area contributed by atoms with Gasteiger partial charge in [-0.1, -0.05) is 42.3 Å². The number of anilines is 1. The maximum absolute atomic E-state index is 12.5. The first-order chi connectivity index (χ1) is 15.8. The van der Waals surface area contributed by atoms with E-state index in [0.717, 1.165) is 43.7 Å². The Morgan fingerprint density at radius 1 is 1.21 bits per heavy atom. The van der Waals surface area contributed by atoms with E-state index in [-0.39, 0.29) is 34.6 Å². The molecule has 1 aromatic carbocycles. The van der Waals surface area contributed by atoms with Gasteiger partial charge in [0.25, 0.3) is 5.91 Å². The van der Waals surface area contributed by atoms with Crippen LogP contribution in [0.1, 0.15) is 47.8 Å². The zero-order valence-electron chi connectivity index (χ0n) is 18.6. The first-order valence-corrected chi connectivity index (χ1v) is 11.9. The first kappa shape index (κ1) is 25.3. The fraction of sp³-hybridized carbons (Fsp3) is 0.458. The van der Waals surface area contributed by atoms with Crippen molar-refractivity contribution >= 4 is 40.9 Å². The molecule has 0 bridgehead atoms. The highest BCUT2D eigenvalue weighted by atomic mass is 35.5. The normalized spacial score (nSPS) is 14.6. The highest BCUT2D eigenvalue weighted by Crippen LogP contribution is 2.24. The van der Waals surface area contributed by atoms with Crippen LogP contribution in [0, 0.1) is 5.92 Å². The van der Waals surface area contributed by atoms with Crippen molar-refractivity contribution in [2.75, 3.05) is 25.1 Å². The number of carboxylic acids is 1. The molecule has 0 saturated heterocycles. The van der Waals surface area contributed by atoms with Gasteiger partial charge >= 0.3 is 5.97 Å². The summed E-state index contributed by atoms with van der Waals surface area (Å²) in [6.45, 7) is 3.77. The SMILES string of the molecule is C[C@H](CCc1ccc2c(n1)NCCC2)COCC[C@H](NC(=O)c1c(Cl)cccc1Cl)C(=O)O. The number of benzene rings is 1. The Morgan fingerprint density at radius 2 is 1.97 bits per heavy atom. The van der Waals surface area contributed by atoms with E-state index in [2.05, 4.69) is 29.7 Å². The number of nitrogens with zero attached hydrogens (tertiary/aromatic N) is 1. The Hall–Kier alpha value is -2.35. The summed E-state index contributed by atoms with van der Waals surface area (Å²) >= 11 is 12.1. The highest BCUT2D eigenvalue weighted by molar-refractivity contribution is 6.39. The molecule has 2 atom stereocenters. The van der Waals surface area contributed by atoms with Crippen LogP contribution in [0.15, 0.2) is 30.3 Å². The average molecular weight is 494 g/mol. The smallest absolute Gasteiger partial charge is 0.326 e. The van der Waals surface area contributed by atoms with E-state index >= 15 is 0 Å². The molecule has 1 amide bonds. The van der Waals surface area contributed by atoms with Crippen molar-refractivity contribution < 1.29 is 19.4 Å². The summed E-state index contributed by atoms with van der Waals surface area (Å²) in [4.78, 5) is 28.7. The summed E-state index contributed by atoms with van der Waals surface area (Å²) in [5.74, 6) is -0.480. The van der Waals surface area contributed by atoms with Gasteiger partial charge in [-0.3, -0.25) is 4.79 Å². The topological polar surface area (TPSA) is 101 Å². The fourth-order valence-electron chi connectivity index (χ4n) is 3.67. The number of ether oxygens (including phenoxy) is 1. The first-order valence-electron chi connectivity index (χ1n) is 11.1. The number of amides is 1. The van der Waals surface area contributed by atoms with Gasteiger partial charge in [0.1, 0.15) is 11.9 Å². The molecule has 1 aliphatic heterocycles. The van der Waals surface area contributed by atoms with Crippen molar-refractivity contribution in [3.05, 3.63) is 57.2 Å². The molecule has 2 heterocycles. The second-order valence-corrected chi connectivity index (χ2v) is 9.12. The van der Waals surface area contributed by atoms with Gasteiger partial charge in [0.15, 0.2) is 0 Å². The molecule has 2 aromatic rings. The standard InChI is InChI=1S/C24H29Cl2N3O4/c1-15(7-9-17-10-8-16-4-3-12-27-22(16)28-17)14-33-13-11-20(24(31)32)29-23(30)21-18(25)5-2-6-19(21)26/h2,5-6,8,10,15,20H,3-4,7,9,11-14H2,1H3,(H,27,28)(H,29,30)(H,31,32)/t15-,20+/m1/s1. The number of carboxylic acid groups (broad SMARTS) is 1. The van der Waals surface area contributed by atoms with Crippen LogP contribution in [-0.2, 0) is 22.4 Å². The Kier molecular flexibility index (Phi) is 9.35. The summed E-state index contributed by atoms with van der Waals surface area (Å²) in [6.07, 6.45) is 4.11. The molecule has 33 heavy (non-hydrogen) atoms. The van der Waals surface area contributed by atoms with E-state index in [1.807, 2.05) is 0 Å². The molecule has 1 aliphatic rings. The zero-order chi connectivity index (χ0) is 23.8. The number of aryl methyl sites for hydroxylation is 2. The van der Waals surface area contributed by atoms with Gasteiger partial charge in [-0.2, -0.15) is 0 Å². The molecule has 0 spiro atoms. The predicted octanol–water partition coefficient (Wildman–Crippen LogP) is 4.61. The van der Waals surface area contributed by atoms with Crippen LogP contribution in [0.2, 0.25) is 10.0 Å². The third-order valence-electron chi connectivity index (χ3n) is 5.59. The van der Waals surface area contributed by atoms with E-state index < -0.39 is 17.9 Å².